The van der Waals surface area contributed by atoms with Crippen LogP contribution in [0, 0.1) is 5.41 Å². The van der Waals surface area contributed by atoms with Crippen molar-refractivity contribution in [1.82, 2.24) is 25.6 Å². The molecule has 1 fully saturated rings. The van der Waals surface area contributed by atoms with Crippen LogP contribution in [0.4, 0.5) is 5.69 Å². The van der Waals surface area contributed by atoms with Crippen molar-refractivity contribution in [1.29, 1.82) is 5.41 Å². The summed E-state index contributed by atoms with van der Waals surface area (Å²) in [6, 6.07) is 9.69. The Morgan fingerprint density at radius 2 is 1.81 bits per heavy atom. The Morgan fingerprint density at radius 3 is 2.38 bits per heavy atom. The lowest BCUT2D eigenvalue weighted by molar-refractivity contribution is 0.0670. The highest BCUT2D eigenvalue weighted by atomic mass is 16.5. The number of hydrogen-bond donors (Lipinski definition) is 3. The highest BCUT2D eigenvalue weighted by Gasteiger charge is 2.18. The van der Waals surface area contributed by atoms with Gasteiger partial charge in [-0.15, -0.1) is 0 Å². The monoisotopic (exact) mass is 360 g/mol. The molecular weight excluding hydrogens is 332 g/mol. The van der Waals surface area contributed by atoms with E-state index in [-0.39, 0.29) is 5.96 Å². The molecule has 0 bridgehead atoms. The topological polar surface area (TPSA) is 91.6 Å². The van der Waals surface area contributed by atoms with Gasteiger partial charge in [0.15, 0.2) is 0 Å². The van der Waals surface area contributed by atoms with Crippen LogP contribution >= 0.6 is 0 Å². The predicted octanol–water partition coefficient (Wildman–Crippen LogP) is 0.514. The van der Waals surface area contributed by atoms with E-state index >= 15 is 0 Å². The summed E-state index contributed by atoms with van der Waals surface area (Å²) in [5.74, 6) is 1.42. The van der Waals surface area contributed by atoms with Crippen LogP contribution in [0.3, 0.4) is 0 Å². The van der Waals surface area contributed by atoms with Crippen molar-refractivity contribution in [3.8, 4) is 0 Å². The highest BCUT2D eigenvalue weighted by Crippen LogP contribution is 2.11. The van der Waals surface area contributed by atoms with Crippen molar-refractivity contribution in [2.24, 2.45) is 9.98 Å². The lowest BCUT2D eigenvalue weighted by Crippen LogP contribution is -2.56. The number of hydrogen-bond acceptors (Lipinski definition) is 4. The van der Waals surface area contributed by atoms with E-state index in [2.05, 4.69) is 25.6 Å². The molecule has 1 aromatic carbocycles. The molecule has 0 unspecified atom stereocenters. The maximum absolute atomic E-state index is 8.27. The van der Waals surface area contributed by atoms with Crippen molar-refractivity contribution in [2.45, 2.75) is 0 Å². The molecule has 0 aliphatic carbocycles. The molecule has 26 heavy (non-hydrogen) atoms. The third-order valence-electron chi connectivity index (χ3n) is 3.72. The normalized spacial score (nSPS) is 15.5. The molecule has 1 saturated heterocycles. The summed E-state index contributed by atoms with van der Waals surface area (Å²) in [7, 11) is 7.31. The van der Waals surface area contributed by atoms with E-state index in [9.17, 15) is 0 Å². The zero-order valence-electron chi connectivity index (χ0n) is 15.9. The molecule has 142 valence electrons. The van der Waals surface area contributed by atoms with E-state index in [0.717, 1.165) is 18.8 Å². The van der Waals surface area contributed by atoms with Gasteiger partial charge in [-0.25, -0.2) is 4.99 Å². The van der Waals surface area contributed by atoms with Crippen LogP contribution in [0.1, 0.15) is 0 Å². The van der Waals surface area contributed by atoms with Crippen molar-refractivity contribution < 1.29 is 4.74 Å². The maximum Gasteiger partial charge on any atom is 0.214 e. The van der Waals surface area contributed by atoms with Crippen LogP contribution in [0.25, 0.3) is 0 Å². The molecule has 1 aromatic rings. The van der Waals surface area contributed by atoms with E-state index in [1.54, 1.807) is 19.1 Å². The number of guanidine groups is 3. The number of nitrogens with one attached hydrogen (secondary N) is 3. The Kier molecular flexibility index (Phi) is 7.22. The Hall–Kier alpha value is -2.81. The van der Waals surface area contributed by atoms with Gasteiger partial charge in [-0.05, 0) is 12.1 Å². The Balaban J connectivity index is 2.10. The molecule has 9 heteroatoms. The van der Waals surface area contributed by atoms with E-state index < -0.39 is 0 Å². The number of hydrazine groups is 1. The first-order chi connectivity index (χ1) is 12.5. The lowest BCUT2D eigenvalue weighted by atomic mass is 10.3. The molecule has 1 aliphatic heterocycles. The molecule has 9 nitrogen and oxygen atoms in total. The molecule has 1 heterocycles. The van der Waals surface area contributed by atoms with Crippen LogP contribution in [0.2, 0.25) is 0 Å². The quantitative estimate of drug-likeness (QED) is 0.384. The first-order valence-electron chi connectivity index (χ1n) is 8.47. The maximum atomic E-state index is 8.27. The summed E-state index contributed by atoms with van der Waals surface area (Å²) in [6.07, 6.45) is 0. The minimum absolute atomic E-state index is 0.108. The van der Waals surface area contributed by atoms with Gasteiger partial charge in [-0.1, -0.05) is 18.2 Å². The number of rotatable bonds is 1. The first kappa shape index (κ1) is 19.5. The Morgan fingerprint density at radius 1 is 1.15 bits per heavy atom. The summed E-state index contributed by atoms with van der Waals surface area (Å²) >= 11 is 0. The fraction of sp³-hybridized carbons (Fsp3) is 0.471. The third-order valence-corrected chi connectivity index (χ3v) is 3.72. The Bertz CT molecular complexity index is 637. The molecule has 0 saturated carbocycles. The van der Waals surface area contributed by atoms with Crippen molar-refractivity contribution in [3.05, 3.63) is 30.3 Å². The molecule has 0 atom stereocenters. The van der Waals surface area contributed by atoms with Crippen molar-refractivity contribution >= 4 is 23.6 Å². The van der Waals surface area contributed by atoms with Gasteiger partial charge in [0.05, 0.1) is 18.9 Å². The van der Waals surface area contributed by atoms with Gasteiger partial charge in [-0.2, -0.15) is 0 Å². The summed E-state index contributed by atoms with van der Waals surface area (Å²) < 4.78 is 5.42. The number of aliphatic imine (C=N–C) groups is 2. The van der Waals surface area contributed by atoms with Crippen molar-refractivity contribution in [2.75, 3.05) is 54.5 Å². The molecule has 2 rings (SSSR count). The second-order valence-electron chi connectivity index (χ2n) is 5.96. The summed E-state index contributed by atoms with van der Waals surface area (Å²) in [4.78, 5) is 12.8. The largest absolute Gasteiger partial charge is 0.378 e. The van der Waals surface area contributed by atoms with Crippen LogP contribution < -0.4 is 10.7 Å². The second kappa shape index (κ2) is 9.62. The number of nitrogens with zero attached hydrogens (tertiary/aromatic N) is 5. The predicted molar refractivity (Wildman–Crippen MR) is 105 cm³/mol. The molecule has 0 amide bonds. The van der Waals surface area contributed by atoms with Gasteiger partial charge in [0.2, 0.25) is 17.9 Å². The number of morpholine rings is 1. The smallest absolute Gasteiger partial charge is 0.214 e. The second-order valence-corrected chi connectivity index (χ2v) is 5.96. The summed E-state index contributed by atoms with van der Waals surface area (Å²) in [5.41, 5.74) is 3.79. The third kappa shape index (κ3) is 5.62. The SMILES string of the molecule is CN=C(N(C)C)N(C)NC(=N)NC(=Nc1ccccc1)N1CCOCC1. The van der Waals surface area contributed by atoms with Crippen LogP contribution in [0.5, 0.6) is 0 Å². The standard InChI is InChI=1S/C17H28N8O/c1-19-17(23(2)3)24(4)22-15(18)21-16(25-10-12-26-13-11-25)20-14-8-6-5-7-9-14/h5-9H,10-13H2,1-4H3,(H3,18,20,21,22). The number of ether oxygens (including phenoxy) is 1. The summed E-state index contributed by atoms with van der Waals surface area (Å²) in [6.45, 7) is 2.73. The van der Waals surface area contributed by atoms with Crippen LogP contribution in [-0.2, 0) is 4.74 Å². The van der Waals surface area contributed by atoms with Gasteiger partial charge in [0.25, 0.3) is 0 Å². The van der Waals surface area contributed by atoms with E-state index in [0.29, 0.717) is 25.1 Å². The van der Waals surface area contributed by atoms with Gasteiger partial charge in [-0.3, -0.25) is 26.2 Å². The van der Waals surface area contributed by atoms with Gasteiger partial charge < -0.3 is 14.5 Å². The number of benzene rings is 1. The van der Waals surface area contributed by atoms with E-state index in [4.69, 9.17) is 10.1 Å². The Labute approximate surface area is 154 Å². The molecule has 0 spiro atoms. The highest BCUT2D eigenvalue weighted by molar-refractivity contribution is 5.99. The van der Waals surface area contributed by atoms with Gasteiger partial charge in [0.1, 0.15) is 0 Å². The molecular formula is C17H28N8O. The minimum atomic E-state index is 0.108. The lowest BCUT2D eigenvalue weighted by Gasteiger charge is -2.32. The zero-order valence-corrected chi connectivity index (χ0v) is 15.9. The van der Waals surface area contributed by atoms with Gasteiger partial charge in [0, 0.05) is 41.3 Å². The van der Waals surface area contributed by atoms with Crippen LogP contribution in [0.15, 0.2) is 40.3 Å². The fourth-order valence-corrected chi connectivity index (χ4v) is 2.59. The average molecular weight is 360 g/mol. The van der Waals surface area contributed by atoms with Crippen LogP contribution in [-0.4, -0.2) is 87.2 Å². The first-order valence-corrected chi connectivity index (χ1v) is 8.47. The van der Waals surface area contributed by atoms with Gasteiger partial charge >= 0.3 is 0 Å². The fourth-order valence-electron chi connectivity index (χ4n) is 2.59. The molecule has 0 radical (unpaired) electrons. The average Bonchev–Trinajstić information content (AvgIpc) is 2.63. The molecule has 3 N–H and O–H groups in total. The molecule has 1 aliphatic rings. The minimum Gasteiger partial charge on any atom is -0.378 e. The van der Waals surface area contributed by atoms with Crippen molar-refractivity contribution in [3.63, 3.8) is 0 Å². The number of para-hydroxylation sites is 1. The van der Waals surface area contributed by atoms with E-state index in [1.807, 2.05) is 49.3 Å². The zero-order chi connectivity index (χ0) is 18.9. The molecule has 0 aromatic heterocycles. The van der Waals surface area contributed by atoms with E-state index in [1.165, 1.54) is 0 Å². The summed E-state index contributed by atoms with van der Waals surface area (Å²) in [5, 5.41) is 13.0.